The number of methoxy groups -OCH3 is 1. The fourth-order valence-electron chi connectivity index (χ4n) is 2.80. The molecule has 0 aromatic carbocycles. The van der Waals surface area contributed by atoms with Crippen LogP contribution in [0, 0.1) is 0 Å². The van der Waals surface area contributed by atoms with Gasteiger partial charge in [-0.2, -0.15) is 0 Å². The quantitative estimate of drug-likeness (QED) is 0.801. The molecule has 0 radical (unpaired) electrons. The van der Waals surface area contributed by atoms with E-state index >= 15 is 0 Å². The lowest BCUT2D eigenvalue weighted by molar-refractivity contribution is -0.0318. The van der Waals surface area contributed by atoms with Crippen LogP contribution >= 0.6 is 0 Å². The Hall–Kier alpha value is -0.120. The van der Waals surface area contributed by atoms with Crippen molar-refractivity contribution in [2.24, 2.45) is 0 Å². The Bertz CT molecular complexity index is 206. The lowest BCUT2D eigenvalue weighted by Gasteiger charge is -2.38. The van der Waals surface area contributed by atoms with Gasteiger partial charge in [0.05, 0.1) is 12.2 Å². The van der Waals surface area contributed by atoms with Gasteiger partial charge in [0, 0.05) is 25.8 Å². The highest BCUT2D eigenvalue weighted by Crippen LogP contribution is 2.31. The molecule has 16 heavy (non-hydrogen) atoms. The van der Waals surface area contributed by atoms with Crippen molar-refractivity contribution >= 4 is 0 Å². The Labute approximate surface area is 98.9 Å². The molecule has 3 nitrogen and oxygen atoms in total. The van der Waals surface area contributed by atoms with Crippen LogP contribution in [-0.4, -0.2) is 38.0 Å². The Morgan fingerprint density at radius 3 is 2.50 bits per heavy atom. The van der Waals surface area contributed by atoms with Gasteiger partial charge in [-0.15, -0.1) is 0 Å². The monoisotopic (exact) mass is 227 g/mol. The Balaban J connectivity index is 1.72. The summed E-state index contributed by atoms with van der Waals surface area (Å²) in [7, 11) is 1.84. The topological polar surface area (TPSA) is 30.5 Å². The minimum absolute atomic E-state index is 0.126. The summed E-state index contributed by atoms with van der Waals surface area (Å²) < 4.78 is 11.1. The normalized spacial score (nSPS) is 40.9. The molecular weight excluding hydrogens is 202 g/mol. The molecule has 1 heterocycles. The van der Waals surface area contributed by atoms with E-state index < -0.39 is 0 Å². The highest BCUT2D eigenvalue weighted by Gasteiger charge is 2.31. The van der Waals surface area contributed by atoms with E-state index in [1.807, 2.05) is 7.11 Å². The zero-order valence-corrected chi connectivity index (χ0v) is 10.6. The second kappa shape index (κ2) is 5.48. The smallest absolute Gasteiger partial charge is 0.0652 e. The van der Waals surface area contributed by atoms with Gasteiger partial charge in [-0.1, -0.05) is 0 Å². The Kier molecular flexibility index (Phi) is 4.22. The molecule has 1 unspecified atom stereocenters. The van der Waals surface area contributed by atoms with Crippen molar-refractivity contribution in [3.63, 3.8) is 0 Å². The number of rotatable bonds is 3. The van der Waals surface area contributed by atoms with Gasteiger partial charge in [0.15, 0.2) is 0 Å². The average Bonchev–Trinajstić information content (AvgIpc) is 2.34. The summed E-state index contributed by atoms with van der Waals surface area (Å²) in [6.07, 6.45) is 7.31. The molecule has 3 heteroatoms. The molecule has 2 aliphatic rings. The summed E-state index contributed by atoms with van der Waals surface area (Å²) in [5, 5.41) is 3.74. The van der Waals surface area contributed by atoms with E-state index in [0.29, 0.717) is 12.1 Å². The molecule has 1 aliphatic heterocycles. The van der Waals surface area contributed by atoms with Crippen LogP contribution < -0.4 is 5.32 Å². The number of hydrogen-bond donors (Lipinski definition) is 1. The van der Waals surface area contributed by atoms with E-state index in [9.17, 15) is 0 Å². The van der Waals surface area contributed by atoms with E-state index in [1.54, 1.807) is 0 Å². The van der Waals surface area contributed by atoms with Crippen LogP contribution in [0.5, 0.6) is 0 Å². The molecule has 1 saturated heterocycles. The molecule has 0 spiro atoms. The fraction of sp³-hybridized carbons (Fsp3) is 1.00. The van der Waals surface area contributed by atoms with Gasteiger partial charge < -0.3 is 14.8 Å². The maximum absolute atomic E-state index is 5.56. The van der Waals surface area contributed by atoms with Gasteiger partial charge in [-0.05, 0) is 45.4 Å². The number of nitrogens with one attached hydrogen (secondary N) is 1. The van der Waals surface area contributed by atoms with Crippen molar-refractivity contribution in [3.8, 4) is 0 Å². The van der Waals surface area contributed by atoms with E-state index in [2.05, 4.69) is 12.2 Å². The van der Waals surface area contributed by atoms with Gasteiger partial charge in [-0.3, -0.25) is 0 Å². The summed E-state index contributed by atoms with van der Waals surface area (Å²) in [6, 6.07) is 1.26. The van der Waals surface area contributed by atoms with Crippen molar-refractivity contribution in [2.75, 3.05) is 20.3 Å². The maximum Gasteiger partial charge on any atom is 0.0652 e. The third kappa shape index (κ3) is 3.19. The van der Waals surface area contributed by atoms with Crippen LogP contribution in [0.1, 0.15) is 45.4 Å². The molecule has 0 aromatic heterocycles. The fourth-order valence-corrected chi connectivity index (χ4v) is 2.80. The first-order valence-electron chi connectivity index (χ1n) is 6.61. The molecule has 1 N–H and O–H groups in total. The van der Waals surface area contributed by atoms with Crippen molar-refractivity contribution in [1.29, 1.82) is 0 Å². The molecule has 94 valence electrons. The molecule has 0 aromatic rings. The van der Waals surface area contributed by atoms with Crippen LogP contribution in [0.15, 0.2) is 0 Å². The van der Waals surface area contributed by atoms with Crippen molar-refractivity contribution in [1.82, 2.24) is 5.32 Å². The lowest BCUT2D eigenvalue weighted by Crippen LogP contribution is -2.47. The highest BCUT2D eigenvalue weighted by molar-refractivity contribution is 4.87. The predicted molar refractivity (Wildman–Crippen MR) is 64.6 cm³/mol. The van der Waals surface area contributed by atoms with Crippen LogP contribution in [0.3, 0.4) is 0 Å². The SMILES string of the molecule is COC1(C)CCC(NC2CCCOC2)CC1. The standard InChI is InChI=1S/C13H25NO2/c1-13(15-2)7-5-11(6-8-13)14-12-4-3-9-16-10-12/h11-12,14H,3-10H2,1-2H3. The molecule has 2 fully saturated rings. The maximum atomic E-state index is 5.56. The summed E-state index contributed by atoms with van der Waals surface area (Å²) >= 11 is 0. The first-order chi connectivity index (χ1) is 7.72. The van der Waals surface area contributed by atoms with E-state index in [-0.39, 0.29) is 5.60 Å². The van der Waals surface area contributed by atoms with Crippen molar-refractivity contribution in [2.45, 2.75) is 63.1 Å². The highest BCUT2D eigenvalue weighted by atomic mass is 16.5. The minimum atomic E-state index is 0.126. The Morgan fingerprint density at radius 1 is 1.19 bits per heavy atom. The molecule has 1 atom stereocenters. The second-order valence-electron chi connectivity index (χ2n) is 5.51. The van der Waals surface area contributed by atoms with Gasteiger partial charge in [0.2, 0.25) is 0 Å². The molecular formula is C13H25NO2. The van der Waals surface area contributed by atoms with Crippen LogP contribution in [0.4, 0.5) is 0 Å². The van der Waals surface area contributed by atoms with E-state index in [1.165, 1.54) is 38.5 Å². The van der Waals surface area contributed by atoms with E-state index in [0.717, 1.165) is 13.2 Å². The van der Waals surface area contributed by atoms with Crippen LogP contribution in [0.2, 0.25) is 0 Å². The molecule has 1 saturated carbocycles. The first kappa shape index (κ1) is 12.3. The third-order valence-electron chi connectivity index (χ3n) is 4.17. The predicted octanol–water partition coefficient (Wildman–Crippen LogP) is 2.10. The molecule has 0 bridgehead atoms. The molecule has 0 amide bonds. The summed E-state index contributed by atoms with van der Waals surface area (Å²) in [6.45, 7) is 4.08. The van der Waals surface area contributed by atoms with Crippen molar-refractivity contribution in [3.05, 3.63) is 0 Å². The second-order valence-corrected chi connectivity index (χ2v) is 5.51. The van der Waals surface area contributed by atoms with Gasteiger partial charge in [-0.25, -0.2) is 0 Å². The van der Waals surface area contributed by atoms with E-state index in [4.69, 9.17) is 9.47 Å². The van der Waals surface area contributed by atoms with Crippen molar-refractivity contribution < 1.29 is 9.47 Å². The summed E-state index contributed by atoms with van der Waals surface area (Å²) in [5.41, 5.74) is 0.126. The Morgan fingerprint density at radius 2 is 1.94 bits per heavy atom. The molecule has 2 rings (SSSR count). The zero-order chi connectivity index (χ0) is 11.4. The average molecular weight is 227 g/mol. The van der Waals surface area contributed by atoms with Gasteiger partial charge >= 0.3 is 0 Å². The summed E-state index contributed by atoms with van der Waals surface area (Å²) in [4.78, 5) is 0. The van der Waals surface area contributed by atoms with Crippen LogP contribution in [0.25, 0.3) is 0 Å². The zero-order valence-electron chi connectivity index (χ0n) is 10.6. The lowest BCUT2D eigenvalue weighted by atomic mass is 9.83. The minimum Gasteiger partial charge on any atom is -0.380 e. The van der Waals surface area contributed by atoms with Gasteiger partial charge in [0.1, 0.15) is 0 Å². The summed E-state index contributed by atoms with van der Waals surface area (Å²) in [5.74, 6) is 0. The van der Waals surface area contributed by atoms with Gasteiger partial charge in [0.25, 0.3) is 0 Å². The third-order valence-corrected chi connectivity index (χ3v) is 4.17. The molecule has 1 aliphatic carbocycles. The largest absolute Gasteiger partial charge is 0.380 e. The van der Waals surface area contributed by atoms with Crippen LogP contribution in [-0.2, 0) is 9.47 Å². The first-order valence-corrected chi connectivity index (χ1v) is 6.61. The number of hydrogen-bond acceptors (Lipinski definition) is 3. The number of ether oxygens (including phenoxy) is 2.